The first-order valence-electron chi connectivity index (χ1n) is 10.7. The molecule has 0 aromatic heterocycles. The molecule has 2 N–H and O–H groups in total. The second-order valence-electron chi connectivity index (χ2n) is 7.48. The van der Waals surface area contributed by atoms with Crippen LogP contribution in [0.4, 0.5) is 0 Å². The molecule has 3 aromatic carbocycles. The monoisotopic (exact) mass is 434 g/mol. The maximum atomic E-state index is 10.3. The van der Waals surface area contributed by atoms with Gasteiger partial charge in [-0.25, -0.2) is 0 Å². The molecule has 0 spiro atoms. The van der Waals surface area contributed by atoms with Crippen LogP contribution >= 0.6 is 0 Å². The number of phenols is 1. The van der Waals surface area contributed by atoms with Crippen LogP contribution in [0.2, 0.25) is 0 Å². The summed E-state index contributed by atoms with van der Waals surface area (Å²) in [5.41, 5.74) is 3.17. The lowest BCUT2D eigenvalue weighted by Crippen LogP contribution is -2.04. The van der Waals surface area contributed by atoms with Crippen molar-refractivity contribution >= 4 is 6.08 Å². The number of benzene rings is 3. The highest BCUT2D eigenvalue weighted by Gasteiger charge is 2.06. The third-order valence-electron chi connectivity index (χ3n) is 5.23. The van der Waals surface area contributed by atoms with Crippen molar-refractivity contribution in [3.63, 3.8) is 0 Å². The molecule has 0 saturated carbocycles. The number of aryl methyl sites for hydroxylation is 1. The van der Waals surface area contributed by atoms with Crippen LogP contribution in [0, 0.1) is 0 Å². The number of aliphatic hydroxyl groups is 1. The van der Waals surface area contributed by atoms with E-state index in [1.54, 1.807) is 31.4 Å². The summed E-state index contributed by atoms with van der Waals surface area (Å²) in [7, 11) is 3.15. The van der Waals surface area contributed by atoms with Gasteiger partial charge >= 0.3 is 0 Å². The fourth-order valence-corrected chi connectivity index (χ4v) is 3.41. The highest BCUT2D eigenvalue weighted by molar-refractivity contribution is 5.55. The topological polar surface area (TPSA) is 68.2 Å². The summed E-state index contributed by atoms with van der Waals surface area (Å²) in [4.78, 5) is 0. The van der Waals surface area contributed by atoms with E-state index >= 15 is 0 Å². The van der Waals surface area contributed by atoms with Gasteiger partial charge in [0, 0.05) is 0 Å². The maximum absolute atomic E-state index is 10.3. The molecular weight excluding hydrogens is 404 g/mol. The Labute approximate surface area is 189 Å². The highest BCUT2D eigenvalue weighted by atomic mass is 16.5. The van der Waals surface area contributed by atoms with Crippen molar-refractivity contribution in [1.29, 1.82) is 0 Å². The standard InChI is InChI=1S/C27H30O5/c1-30-24-13-15-25(16-14-24)32-19-22-7-4-3-6-21(22)8-5-9-23(28)12-10-20-11-17-27(31-2)26(29)18-20/h3-4,6-7,10-18,23,28-29H,5,8-9,19H2,1-2H3/b12-10+. The number of hydrogen-bond donors (Lipinski definition) is 2. The highest BCUT2D eigenvalue weighted by Crippen LogP contribution is 2.27. The maximum Gasteiger partial charge on any atom is 0.160 e. The van der Waals surface area contributed by atoms with Gasteiger partial charge < -0.3 is 24.4 Å². The van der Waals surface area contributed by atoms with E-state index in [2.05, 4.69) is 12.1 Å². The quantitative estimate of drug-likeness (QED) is 0.424. The molecule has 5 heteroatoms. The summed E-state index contributed by atoms with van der Waals surface area (Å²) < 4.78 is 16.1. The zero-order chi connectivity index (χ0) is 22.8. The van der Waals surface area contributed by atoms with Gasteiger partial charge in [0.2, 0.25) is 0 Å². The number of rotatable bonds is 11. The summed E-state index contributed by atoms with van der Waals surface area (Å²) in [6, 6.07) is 20.9. The molecule has 0 aliphatic carbocycles. The van der Waals surface area contributed by atoms with Crippen LogP contribution < -0.4 is 14.2 Å². The Morgan fingerprint density at radius 1 is 0.875 bits per heavy atom. The van der Waals surface area contributed by atoms with Crippen LogP contribution in [0.5, 0.6) is 23.0 Å². The zero-order valence-corrected chi connectivity index (χ0v) is 18.5. The van der Waals surface area contributed by atoms with Crippen LogP contribution in [0.15, 0.2) is 72.8 Å². The van der Waals surface area contributed by atoms with Gasteiger partial charge in [0.25, 0.3) is 0 Å². The fraction of sp³-hybridized carbons (Fsp3) is 0.259. The first-order chi connectivity index (χ1) is 15.6. The van der Waals surface area contributed by atoms with Crippen molar-refractivity contribution < 1.29 is 24.4 Å². The van der Waals surface area contributed by atoms with Crippen LogP contribution in [0.25, 0.3) is 6.08 Å². The van der Waals surface area contributed by atoms with E-state index in [-0.39, 0.29) is 5.75 Å². The van der Waals surface area contributed by atoms with E-state index in [1.807, 2.05) is 42.5 Å². The Kier molecular flexibility index (Phi) is 8.58. The number of phenolic OH excluding ortho intramolecular Hbond substituents is 1. The summed E-state index contributed by atoms with van der Waals surface area (Å²) in [6.07, 6.45) is 5.35. The van der Waals surface area contributed by atoms with Crippen molar-refractivity contribution in [2.45, 2.75) is 32.0 Å². The number of ether oxygens (including phenoxy) is 3. The summed E-state index contributed by atoms with van der Waals surface area (Å²) in [5, 5.41) is 20.2. The molecule has 3 rings (SSSR count). The minimum atomic E-state index is -0.554. The molecule has 32 heavy (non-hydrogen) atoms. The van der Waals surface area contributed by atoms with Gasteiger partial charge in [0.15, 0.2) is 11.5 Å². The zero-order valence-electron chi connectivity index (χ0n) is 18.5. The molecule has 0 aliphatic rings. The van der Waals surface area contributed by atoms with Crippen LogP contribution in [0.1, 0.15) is 29.5 Å². The van der Waals surface area contributed by atoms with E-state index < -0.39 is 6.10 Å². The van der Waals surface area contributed by atoms with Gasteiger partial charge in [0.05, 0.1) is 20.3 Å². The lowest BCUT2D eigenvalue weighted by Gasteiger charge is -2.12. The lowest BCUT2D eigenvalue weighted by molar-refractivity contribution is 0.210. The van der Waals surface area contributed by atoms with E-state index in [4.69, 9.17) is 14.2 Å². The molecule has 0 aliphatic heterocycles. The predicted molar refractivity (Wildman–Crippen MR) is 126 cm³/mol. The van der Waals surface area contributed by atoms with Crippen molar-refractivity contribution in [3.8, 4) is 23.0 Å². The third-order valence-corrected chi connectivity index (χ3v) is 5.23. The predicted octanol–water partition coefficient (Wildman–Crippen LogP) is 5.39. The van der Waals surface area contributed by atoms with Gasteiger partial charge in [-0.1, -0.05) is 42.5 Å². The molecule has 0 radical (unpaired) electrons. The minimum Gasteiger partial charge on any atom is -0.504 e. The van der Waals surface area contributed by atoms with Crippen molar-refractivity contribution in [2.75, 3.05) is 14.2 Å². The summed E-state index contributed by atoms with van der Waals surface area (Å²) in [6.45, 7) is 0.492. The molecule has 168 valence electrons. The van der Waals surface area contributed by atoms with Crippen molar-refractivity contribution in [3.05, 3.63) is 89.5 Å². The van der Waals surface area contributed by atoms with Gasteiger partial charge in [-0.05, 0) is 72.4 Å². The molecular formula is C27H30O5. The molecule has 0 bridgehead atoms. The molecule has 5 nitrogen and oxygen atoms in total. The van der Waals surface area contributed by atoms with Crippen LogP contribution in [0.3, 0.4) is 0 Å². The smallest absolute Gasteiger partial charge is 0.160 e. The van der Waals surface area contributed by atoms with Crippen LogP contribution in [-0.4, -0.2) is 30.5 Å². The van der Waals surface area contributed by atoms with E-state index in [9.17, 15) is 10.2 Å². The van der Waals surface area contributed by atoms with Crippen LogP contribution in [-0.2, 0) is 13.0 Å². The molecule has 0 fully saturated rings. The Morgan fingerprint density at radius 3 is 2.28 bits per heavy atom. The molecule has 3 aromatic rings. The van der Waals surface area contributed by atoms with Gasteiger partial charge in [-0.15, -0.1) is 0 Å². The van der Waals surface area contributed by atoms with Gasteiger partial charge in [-0.3, -0.25) is 0 Å². The lowest BCUT2D eigenvalue weighted by atomic mass is 10.0. The Hall–Kier alpha value is -3.44. The molecule has 1 unspecified atom stereocenters. The molecule has 0 amide bonds. The van der Waals surface area contributed by atoms with Gasteiger partial charge in [0.1, 0.15) is 18.1 Å². The Balaban J connectivity index is 1.49. The average molecular weight is 435 g/mol. The third kappa shape index (κ3) is 6.79. The van der Waals surface area contributed by atoms with E-state index in [0.717, 1.165) is 35.5 Å². The Morgan fingerprint density at radius 2 is 1.59 bits per heavy atom. The number of methoxy groups -OCH3 is 2. The minimum absolute atomic E-state index is 0.0811. The summed E-state index contributed by atoms with van der Waals surface area (Å²) >= 11 is 0. The summed E-state index contributed by atoms with van der Waals surface area (Å²) in [5.74, 6) is 2.11. The second-order valence-corrected chi connectivity index (χ2v) is 7.48. The van der Waals surface area contributed by atoms with Crippen molar-refractivity contribution in [2.24, 2.45) is 0 Å². The first kappa shape index (κ1) is 23.2. The number of aliphatic hydroxyl groups excluding tert-OH is 1. The Bertz CT molecular complexity index is 1010. The largest absolute Gasteiger partial charge is 0.504 e. The van der Waals surface area contributed by atoms with Crippen molar-refractivity contribution in [1.82, 2.24) is 0 Å². The fourth-order valence-electron chi connectivity index (χ4n) is 3.41. The molecule has 1 atom stereocenters. The SMILES string of the molecule is COc1ccc(OCc2ccccc2CCCC(O)/C=C/c2ccc(OC)c(O)c2)cc1. The first-order valence-corrected chi connectivity index (χ1v) is 10.7. The number of aromatic hydroxyl groups is 1. The second kappa shape index (κ2) is 11.8. The average Bonchev–Trinajstić information content (AvgIpc) is 2.82. The number of hydrogen-bond acceptors (Lipinski definition) is 5. The molecule has 0 heterocycles. The van der Waals surface area contributed by atoms with E-state index in [1.165, 1.54) is 12.7 Å². The van der Waals surface area contributed by atoms with Gasteiger partial charge in [-0.2, -0.15) is 0 Å². The normalized spacial score (nSPS) is 12.0. The molecule has 0 saturated heterocycles. The van der Waals surface area contributed by atoms with E-state index in [0.29, 0.717) is 18.8 Å².